The van der Waals surface area contributed by atoms with Crippen molar-refractivity contribution in [1.82, 2.24) is 0 Å². The average molecular weight is 236 g/mol. The van der Waals surface area contributed by atoms with Crippen molar-refractivity contribution in [1.29, 1.82) is 0 Å². The van der Waals surface area contributed by atoms with Gasteiger partial charge in [-0.05, 0) is 18.4 Å². The lowest BCUT2D eigenvalue weighted by Crippen LogP contribution is -2.32. The summed E-state index contributed by atoms with van der Waals surface area (Å²) in [7, 11) is 0. The van der Waals surface area contributed by atoms with Crippen molar-refractivity contribution in [3.05, 3.63) is 22.4 Å². The highest BCUT2D eigenvalue weighted by Crippen LogP contribution is 2.30. The maximum absolute atomic E-state index is 12.2. The lowest BCUT2D eigenvalue weighted by atomic mass is 9.98. The third kappa shape index (κ3) is 2.65. The molecule has 0 spiro atoms. The van der Waals surface area contributed by atoms with Crippen molar-refractivity contribution in [2.75, 3.05) is 0 Å². The molecule has 0 aliphatic carbocycles. The van der Waals surface area contributed by atoms with Crippen molar-refractivity contribution in [3.8, 4) is 0 Å². The smallest absolute Gasteiger partial charge is 0.299 e. The van der Waals surface area contributed by atoms with Gasteiger partial charge in [0, 0.05) is 4.88 Å². The van der Waals surface area contributed by atoms with Crippen molar-refractivity contribution < 1.29 is 22.8 Å². The Bertz CT molecular complexity index is 367. The quantitative estimate of drug-likeness (QED) is 0.756. The monoisotopic (exact) mass is 236 g/mol. The third-order valence-corrected chi connectivity index (χ3v) is 2.71. The summed E-state index contributed by atoms with van der Waals surface area (Å²) in [6.45, 7) is 0.980. The second-order valence-corrected chi connectivity index (χ2v) is 3.90. The van der Waals surface area contributed by atoms with Gasteiger partial charge in [0.2, 0.25) is 0 Å². The van der Waals surface area contributed by atoms with Crippen molar-refractivity contribution in [2.45, 2.75) is 19.0 Å². The molecular weight excluding hydrogens is 229 g/mol. The molecule has 1 atom stereocenters. The van der Waals surface area contributed by atoms with Gasteiger partial charge in [-0.15, -0.1) is 11.3 Å². The molecule has 1 rings (SSSR count). The fraction of sp³-hybridized carbons (Fsp3) is 0.333. The standard InChI is InChI=1S/C9H7F3O2S/c1-5(13)7(6-3-2-4-15-6)8(14)9(10,11)12/h2-4,7H,1H3. The Morgan fingerprint density at radius 3 is 2.33 bits per heavy atom. The van der Waals surface area contributed by atoms with Crippen LogP contribution < -0.4 is 0 Å². The van der Waals surface area contributed by atoms with E-state index in [9.17, 15) is 22.8 Å². The van der Waals surface area contributed by atoms with Crippen LogP contribution in [0.2, 0.25) is 0 Å². The zero-order valence-electron chi connectivity index (χ0n) is 7.67. The summed E-state index contributed by atoms with van der Waals surface area (Å²) in [6.07, 6.45) is -4.97. The Kier molecular flexibility index (Phi) is 3.28. The minimum Gasteiger partial charge on any atom is -0.299 e. The minimum atomic E-state index is -4.97. The summed E-state index contributed by atoms with van der Waals surface area (Å²) in [4.78, 5) is 22.1. The molecule has 0 aliphatic heterocycles. The molecule has 6 heteroatoms. The number of hydrogen-bond donors (Lipinski definition) is 0. The predicted molar refractivity (Wildman–Crippen MR) is 48.8 cm³/mol. The zero-order chi connectivity index (χ0) is 11.6. The number of thiophene rings is 1. The van der Waals surface area contributed by atoms with Crippen LogP contribution >= 0.6 is 11.3 Å². The summed E-state index contributed by atoms with van der Waals surface area (Å²) in [6, 6.07) is 2.85. The van der Waals surface area contributed by atoms with E-state index in [1.165, 1.54) is 17.5 Å². The lowest BCUT2D eigenvalue weighted by Gasteiger charge is -2.12. The van der Waals surface area contributed by atoms with Gasteiger partial charge >= 0.3 is 6.18 Å². The van der Waals surface area contributed by atoms with E-state index < -0.39 is 23.7 Å². The first-order valence-corrected chi connectivity index (χ1v) is 4.87. The largest absolute Gasteiger partial charge is 0.451 e. The fourth-order valence-electron chi connectivity index (χ4n) is 1.13. The molecular formula is C9H7F3O2S. The van der Waals surface area contributed by atoms with E-state index in [2.05, 4.69) is 0 Å². The number of ketones is 2. The van der Waals surface area contributed by atoms with Crippen molar-refractivity contribution in [2.24, 2.45) is 0 Å². The molecule has 0 aliphatic rings. The van der Waals surface area contributed by atoms with Crippen LogP contribution in [-0.4, -0.2) is 17.7 Å². The topological polar surface area (TPSA) is 34.1 Å². The number of halogens is 3. The van der Waals surface area contributed by atoms with Gasteiger partial charge in [-0.3, -0.25) is 9.59 Å². The van der Waals surface area contributed by atoms with E-state index in [1.807, 2.05) is 0 Å². The van der Waals surface area contributed by atoms with E-state index in [4.69, 9.17) is 0 Å². The highest BCUT2D eigenvalue weighted by atomic mass is 32.1. The molecule has 0 saturated carbocycles. The van der Waals surface area contributed by atoms with Crippen LogP contribution in [0.5, 0.6) is 0 Å². The molecule has 0 N–H and O–H groups in total. The molecule has 1 aromatic rings. The minimum absolute atomic E-state index is 0.129. The molecule has 1 heterocycles. The number of alkyl halides is 3. The second kappa shape index (κ2) is 4.14. The van der Waals surface area contributed by atoms with E-state index in [-0.39, 0.29) is 4.88 Å². The Morgan fingerprint density at radius 1 is 1.40 bits per heavy atom. The van der Waals surface area contributed by atoms with Crippen molar-refractivity contribution in [3.63, 3.8) is 0 Å². The van der Waals surface area contributed by atoms with Crippen LogP contribution in [0.25, 0.3) is 0 Å². The van der Waals surface area contributed by atoms with Gasteiger partial charge in [-0.1, -0.05) is 6.07 Å². The van der Waals surface area contributed by atoms with Crippen LogP contribution in [0.3, 0.4) is 0 Å². The lowest BCUT2D eigenvalue weighted by molar-refractivity contribution is -0.173. The molecule has 1 aromatic heterocycles. The number of carbonyl (C=O) groups excluding carboxylic acids is 2. The van der Waals surface area contributed by atoms with Gasteiger partial charge in [-0.2, -0.15) is 13.2 Å². The van der Waals surface area contributed by atoms with Gasteiger partial charge in [0.15, 0.2) is 0 Å². The molecule has 0 aromatic carbocycles. The van der Waals surface area contributed by atoms with Crippen LogP contribution in [0, 0.1) is 0 Å². The molecule has 0 fully saturated rings. The Labute approximate surface area is 87.7 Å². The normalized spacial score (nSPS) is 13.6. The van der Waals surface area contributed by atoms with E-state index in [1.54, 1.807) is 0 Å². The summed E-state index contributed by atoms with van der Waals surface area (Å²) >= 11 is 0.962. The van der Waals surface area contributed by atoms with Crippen LogP contribution in [0.1, 0.15) is 17.7 Å². The summed E-state index contributed by atoms with van der Waals surface area (Å²) in [5.41, 5.74) is 0. The second-order valence-electron chi connectivity index (χ2n) is 2.92. The van der Waals surface area contributed by atoms with E-state index in [0.717, 1.165) is 18.3 Å². The fourth-order valence-corrected chi connectivity index (χ4v) is 2.01. The number of rotatable bonds is 3. The molecule has 0 radical (unpaired) electrons. The first-order valence-electron chi connectivity index (χ1n) is 3.99. The molecule has 1 unspecified atom stereocenters. The summed E-state index contributed by atoms with van der Waals surface area (Å²) in [5, 5.41) is 1.52. The Hall–Kier alpha value is -1.17. The van der Waals surface area contributed by atoms with Crippen LogP contribution in [0.4, 0.5) is 13.2 Å². The number of Topliss-reactive ketones (excluding diaryl/α,β-unsaturated/α-hetero) is 2. The predicted octanol–water partition coefficient (Wildman–Crippen LogP) is 2.55. The maximum Gasteiger partial charge on any atom is 0.451 e. The van der Waals surface area contributed by atoms with Gasteiger partial charge in [0.1, 0.15) is 11.7 Å². The number of hydrogen-bond acceptors (Lipinski definition) is 3. The molecule has 0 bridgehead atoms. The first kappa shape index (κ1) is 11.9. The molecule has 0 saturated heterocycles. The van der Waals surface area contributed by atoms with Gasteiger partial charge in [0.25, 0.3) is 5.78 Å². The third-order valence-electron chi connectivity index (χ3n) is 1.78. The molecule has 2 nitrogen and oxygen atoms in total. The van der Waals surface area contributed by atoms with Gasteiger partial charge in [0.05, 0.1) is 0 Å². The Balaban J connectivity index is 3.05. The highest BCUT2D eigenvalue weighted by molar-refractivity contribution is 7.10. The number of carbonyl (C=O) groups is 2. The maximum atomic E-state index is 12.2. The molecule has 82 valence electrons. The van der Waals surface area contributed by atoms with Crippen molar-refractivity contribution >= 4 is 22.9 Å². The summed E-state index contributed by atoms with van der Waals surface area (Å²) in [5.74, 6) is -4.50. The van der Waals surface area contributed by atoms with E-state index in [0.29, 0.717) is 0 Å². The van der Waals surface area contributed by atoms with Crippen LogP contribution in [-0.2, 0) is 9.59 Å². The zero-order valence-corrected chi connectivity index (χ0v) is 8.48. The average Bonchev–Trinajstić information content (AvgIpc) is 2.54. The highest BCUT2D eigenvalue weighted by Gasteiger charge is 2.46. The van der Waals surface area contributed by atoms with E-state index >= 15 is 0 Å². The van der Waals surface area contributed by atoms with Crippen LogP contribution in [0.15, 0.2) is 17.5 Å². The van der Waals surface area contributed by atoms with Gasteiger partial charge in [-0.25, -0.2) is 0 Å². The summed E-state index contributed by atoms with van der Waals surface area (Å²) < 4.78 is 36.5. The molecule has 15 heavy (non-hydrogen) atoms. The Morgan fingerprint density at radius 2 is 2.00 bits per heavy atom. The van der Waals surface area contributed by atoms with Gasteiger partial charge < -0.3 is 0 Å². The molecule has 0 amide bonds. The SMILES string of the molecule is CC(=O)C(C(=O)C(F)(F)F)c1cccs1. The first-order chi connectivity index (χ1) is 6.84.